The molecule has 0 spiro atoms. The lowest BCUT2D eigenvalue weighted by molar-refractivity contribution is -0.117. The molecule has 24 heavy (non-hydrogen) atoms. The Morgan fingerprint density at radius 2 is 1.96 bits per heavy atom. The number of hydrogen-bond acceptors (Lipinski definition) is 5. The molecule has 1 aliphatic rings. The van der Waals surface area contributed by atoms with Crippen LogP contribution in [0.4, 0.5) is 5.69 Å². The molecule has 0 saturated heterocycles. The van der Waals surface area contributed by atoms with Gasteiger partial charge in [0.05, 0.1) is 33.6 Å². The topological polar surface area (TPSA) is 63.9 Å². The van der Waals surface area contributed by atoms with Crippen LogP contribution in [-0.4, -0.2) is 37.6 Å². The summed E-state index contributed by atoms with van der Waals surface area (Å²) in [5.41, 5.74) is 0.657. The van der Waals surface area contributed by atoms with Crippen molar-refractivity contribution in [3.63, 3.8) is 0 Å². The highest BCUT2D eigenvalue weighted by Crippen LogP contribution is 2.29. The van der Waals surface area contributed by atoms with Crippen LogP contribution in [-0.2, 0) is 11.3 Å². The van der Waals surface area contributed by atoms with E-state index in [0.717, 1.165) is 18.6 Å². The van der Waals surface area contributed by atoms with Crippen LogP contribution in [0.15, 0.2) is 41.0 Å². The minimum absolute atomic E-state index is 0.0660. The van der Waals surface area contributed by atoms with Gasteiger partial charge < -0.3 is 19.2 Å². The molecule has 1 heterocycles. The lowest BCUT2D eigenvalue weighted by Crippen LogP contribution is -2.34. The number of hydrogen-bond donors (Lipinski definition) is 1. The minimum atomic E-state index is -0.0660. The summed E-state index contributed by atoms with van der Waals surface area (Å²) in [7, 11) is 3.16. The van der Waals surface area contributed by atoms with Gasteiger partial charge in [0.2, 0.25) is 5.91 Å². The fourth-order valence-electron chi connectivity index (χ4n) is 2.62. The zero-order valence-electron chi connectivity index (χ0n) is 14.0. The first-order valence-electron chi connectivity index (χ1n) is 7.97. The van der Waals surface area contributed by atoms with E-state index >= 15 is 0 Å². The number of ether oxygens (including phenoxy) is 2. The number of benzene rings is 1. The van der Waals surface area contributed by atoms with Crippen LogP contribution >= 0.6 is 0 Å². The highest BCUT2D eigenvalue weighted by molar-refractivity contribution is 5.92. The molecule has 2 aromatic rings. The second kappa shape index (κ2) is 7.40. The average Bonchev–Trinajstić information content (AvgIpc) is 3.31. The molecule has 1 aromatic heterocycles. The molecule has 0 aliphatic heterocycles. The SMILES string of the molecule is COc1cc(NC(=O)CN(Cc2ccco2)C2CC2)cc(OC)c1. The van der Waals surface area contributed by atoms with E-state index in [1.54, 1.807) is 38.7 Å². The maximum absolute atomic E-state index is 12.4. The Balaban J connectivity index is 1.63. The standard InChI is InChI=1S/C18H22N2O4/c1-22-16-8-13(9-17(10-16)23-2)19-18(21)12-20(14-5-6-14)11-15-4-3-7-24-15/h3-4,7-10,14H,5-6,11-12H2,1-2H3,(H,19,21). The van der Waals surface area contributed by atoms with Gasteiger partial charge in [-0.25, -0.2) is 0 Å². The van der Waals surface area contributed by atoms with Gasteiger partial charge in [-0.2, -0.15) is 0 Å². The molecule has 1 saturated carbocycles. The summed E-state index contributed by atoms with van der Waals surface area (Å²) in [6.45, 7) is 0.970. The number of furan rings is 1. The Morgan fingerprint density at radius 3 is 2.50 bits per heavy atom. The monoisotopic (exact) mass is 330 g/mol. The van der Waals surface area contributed by atoms with Gasteiger partial charge in [0.25, 0.3) is 0 Å². The molecule has 128 valence electrons. The summed E-state index contributed by atoms with van der Waals surface area (Å²) >= 11 is 0. The number of nitrogens with one attached hydrogen (secondary N) is 1. The number of amides is 1. The van der Waals surface area contributed by atoms with Crippen molar-refractivity contribution in [1.29, 1.82) is 0 Å². The molecule has 1 aliphatic carbocycles. The molecular formula is C18H22N2O4. The van der Waals surface area contributed by atoms with Crippen LogP contribution in [0.3, 0.4) is 0 Å². The van der Waals surface area contributed by atoms with Crippen LogP contribution in [0.2, 0.25) is 0 Å². The van der Waals surface area contributed by atoms with Crippen molar-refractivity contribution in [2.75, 3.05) is 26.1 Å². The Kier molecular flexibility index (Phi) is 5.05. The van der Waals surface area contributed by atoms with Crippen molar-refractivity contribution in [3.05, 3.63) is 42.4 Å². The molecule has 6 nitrogen and oxygen atoms in total. The van der Waals surface area contributed by atoms with Gasteiger partial charge in [-0.15, -0.1) is 0 Å². The zero-order chi connectivity index (χ0) is 16.9. The van der Waals surface area contributed by atoms with Crippen molar-refractivity contribution < 1.29 is 18.7 Å². The fourth-order valence-corrected chi connectivity index (χ4v) is 2.62. The Morgan fingerprint density at radius 1 is 1.25 bits per heavy atom. The van der Waals surface area contributed by atoms with Gasteiger partial charge in [0, 0.05) is 29.9 Å². The third-order valence-electron chi connectivity index (χ3n) is 3.98. The highest BCUT2D eigenvalue weighted by atomic mass is 16.5. The molecule has 1 amide bonds. The summed E-state index contributed by atoms with van der Waals surface area (Å²) < 4.78 is 15.8. The van der Waals surface area contributed by atoms with Gasteiger partial charge in [0.15, 0.2) is 0 Å². The van der Waals surface area contributed by atoms with E-state index in [9.17, 15) is 4.79 Å². The second-order valence-corrected chi connectivity index (χ2v) is 5.87. The second-order valence-electron chi connectivity index (χ2n) is 5.87. The summed E-state index contributed by atoms with van der Waals surface area (Å²) in [5, 5.41) is 2.91. The Hall–Kier alpha value is -2.47. The van der Waals surface area contributed by atoms with E-state index in [-0.39, 0.29) is 5.91 Å². The zero-order valence-corrected chi connectivity index (χ0v) is 14.0. The number of nitrogens with zero attached hydrogens (tertiary/aromatic N) is 1. The third-order valence-corrected chi connectivity index (χ3v) is 3.98. The number of methoxy groups -OCH3 is 2. The minimum Gasteiger partial charge on any atom is -0.497 e. The van der Waals surface area contributed by atoms with Gasteiger partial charge in [0.1, 0.15) is 17.3 Å². The van der Waals surface area contributed by atoms with Gasteiger partial charge in [-0.05, 0) is 25.0 Å². The number of rotatable bonds is 8. The number of carbonyl (C=O) groups excluding carboxylic acids is 1. The maximum atomic E-state index is 12.4. The summed E-state index contributed by atoms with van der Waals surface area (Å²) in [6, 6.07) is 9.57. The third kappa shape index (κ3) is 4.29. The summed E-state index contributed by atoms with van der Waals surface area (Å²) in [4.78, 5) is 14.6. The molecule has 6 heteroatoms. The molecule has 0 radical (unpaired) electrons. The van der Waals surface area contributed by atoms with E-state index in [2.05, 4.69) is 10.2 Å². The van der Waals surface area contributed by atoms with E-state index in [0.29, 0.717) is 36.3 Å². The molecule has 1 fully saturated rings. The number of anilines is 1. The van der Waals surface area contributed by atoms with Crippen LogP contribution in [0.25, 0.3) is 0 Å². The average molecular weight is 330 g/mol. The van der Waals surface area contributed by atoms with Gasteiger partial charge >= 0.3 is 0 Å². The van der Waals surface area contributed by atoms with Gasteiger partial charge in [-0.1, -0.05) is 0 Å². The first kappa shape index (κ1) is 16.4. The number of carbonyl (C=O) groups is 1. The largest absolute Gasteiger partial charge is 0.497 e. The van der Waals surface area contributed by atoms with Crippen molar-refractivity contribution in [3.8, 4) is 11.5 Å². The molecule has 0 unspecified atom stereocenters. The molecule has 3 rings (SSSR count). The highest BCUT2D eigenvalue weighted by Gasteiger charge is 2.30. The molecular weight excluding hydrogens is 308 g/mol. The fraction of sp³-hybridized carbons (Fsp3) is 0.389. The van der Waals surface area contributed by atoms with E-state index < -0.39 is 0 Å². The van der Waals surface area contributed by atoms with Crippen molar-refractivity contribution in [2.45, 2.75) is 25.4 Å². The van der Waals surface area contributed by atoms with Crippen LogP contribution < -0.4 is 14.8 Å². The summed E-state index contributed by atoms with van der Waals surface area (Å²) in [6.07, 6.45) is 3.91. The molecule has 1 N–H and O–H groups in total. The Labute approximate surface area is 141 Å². The predicted molar refractivity (Wildman–Crippen MR) is 90.3 cm³/mol. The van der Waals surface area contributed by atoms with Crippen molar-refractivity contribution in [1.82, 2.24) is 4.90 Å². The molecule has 0 bridgehead atoms. The normalized spacial score (nSPS) is 13.8. The van der Waals surface area contributed by atoms with E-state index in [1.165, 1.54) is 0 Å². The first-order chi connectivity index (χ1) is 11.7. The van der Waals surface area contributed by atoms with E-state index in [4.69, 9.17) is 13.9 Å². The van der Waals surface area contributed by atoms with Crippen LogP contribution in [0.1, 0.15) is 18.6 Å². The van der Waals surface area contributed by atoms with Crippen LogP contribution in [0.5, 0.6) is 11.5 Å². The van der Waals surface area contributed by atoms with E-state index in [1.807, 2.05) is 12.1 Å². The summed E-state index contributed by atoms with van der Waals surface area (Å²) in [5.74, 6) is 2.08. The van der Waals surface area contributed by atoms with Gasteiger partial charge in [-0.3, -0.25) is 9.69 Å². The lowest BCUT2D eigenvalue weighted by atomic mass is 10.2. The smallest absolute Gasteiger partial charge is 0.238 e. The molecule has 1 aromatic carbocycles. The quantitative estimate of drug-likeness (QED) is 0.806. The molecule has 0 atom stereocenters. The lowest BCUT2D eigenvalue weighted by Gasteiger charge is -2.20. The predicted octanol–water partition coefficient (Wildman–Crippen LogP) is 2.90. The Bertz CT molecular complexity index is 658. The van der Waals surface area contributed by atoms with Crippen molar-refractivity contribution in [2.24, 2.45) is 0 Å². The first-order valence-corrected chi connectivity index (χ1v) is 7.97. The van der Waals surface area contributed by atoms with Crippen LogP contribution in [0, 0.1) is 0 Å². The maximum Gasteiger partial charge on any atom is 0.238 e. The van der Waals surface area contributed by atoms with Crippen molar-refractivity contribution >= 4 is 11.6 Å².